The van der Waals surface area contributed by atoms with Crippen molar-refractivity contribution in [1.82, 2.24) is 4.98 Å². The van der Waals surface area contributed by atoms with Crippen LogP contribution in [-0.2, 0) is 17.8 Å². The molecular weight excluding hydrogens is 354 g/mol. The second-order valence-electron chi connectivity index (χ2n) is 6.19. The van der Waals surface area contributed by atoms with Crippen molar-refractivity contribution in [2.45, 2.75) is 13.0 Å². The van der Waals surface area contributed by atoms with E-state index in [1.54, 1.807) is 32.5 Å². The van der Waals surface area contributed by atoms with Crippen LogP contribution in [0.2, 0.25) is 0 Å². The molecule has 3 aromatic rings. The van der Waals surface area contributed by atoms with Gasteiger partial charge >= 0.3 is 0 Å². The van der Waals surface area contributed by atoms with Gasteiger partial charge < -0.3 is 20.1 Å². The minimum absolute atomic E-state index is 0.126. The van der Waals surface area contributed by atoms with Gasteiger partial charge in [0.15, 0.2) is 11.5 Å². The Morgan fingerprint density at radius 2 is 1.71 bits per heavy atom. The van der Waals surface area contributed by atoms with Crippen LogP contribution in [0.15, 0.2) is 66.9 Å². The van der Waals surface area contributed by atoms with Crippen LogP contribution in [0.25, 0.3) is 0 Å². The maximum atomic E-state index is 12.3. The van der Waals surface area contributed by atoms with Crippen molar-refractivity contribution in [1.29, 1.82) is 0 Å². The molecule has 28 heavy (non-hydrogen) atoms. The molecule has 0 saturated heterocycles. The summed E-state index contributed by atoms with van der Waals surface area (Å²) in [6.45, 7) is 0.693. The molecule has 1 amide bonds. The molecule has 6 nitrogen and oxygen atoms in total. The van der Waals surface area contributed by atoms with E-state index in [9.17, 15) is 4.79 Å². The first-order chi connectivity index (χ1) is 13.7. The summed E-state index contributed by atoms with van der Waals surface area (Å²) in [5, 5.41) is 6.11. The Hall–Kier alpha value is -3.54. The lowest BCUT2D eigenvalue weighted by molar-refractivity contribution is -0.115. The van der Waals surface area contributed by atoms with Crippen LogP contribution >= 0.6 is 0 Å². The van der Waals surface area contributed by atoms with Crippen molar-refractivity contribution >= 4 is 17.4 Å². The Labute approximate surface area is 164 Å². The predicted octanol–water partition coefficient (Wildman–Crippen LogP) is 3.89. The van der Waals surface area contributed by atoms with Gasteiger partial charge in [0.2, 0.25) is 5.91 Å². The Balaban J connectivity index is 1.54. The smallest absolute Gasteiger partial charge is 0.228 e. The largest absolute Gasteiger partial charge is 0.493 e. The van der Waals surface area contributed by atoms with Crippen LogP contribution in [-0.4, -0.2) is 25.1 Å². The monoisotopic (exact) mass is 377 g/mol. The van der Waals surface area contributed by atoms with Crippen molar-refractivity contribution in [3.05, 3.63) is 78.0 Å². The fourth-order valence-electron chi connectivity index (χ4n) is 2.74. The van der Waals surface area contributed by atoms with Crippen LogP contribution in [0.3, 0.4) is 0 Å². The molecular formula is C22H23N3O3. The fraction of sp³-hybridized carbons (Fsp3) is 0.182. The molecule has 1 aromatic heterocycles. The van der Waals surface area contributed by atoms with Gasteiger partial charge in [0.05, 0.1) is 32.5 Å². The molecule has 2 aromatic carbocycles. The molecule has 0 fully saturated rings. The van der Waals surface area contributed by atoms with E-state index in [1.807, 2.05) is 36.4 Å². The topological polar surface area (TPSA) is 72.5 Å². The molecule has 0 aliphatic carbocycles. The quantitative estimate of drug-likeness (QED) is 0.623. The van der Waals surface area contributed by atoms with Crippen molar-refractivity contribution < 1.29 is 14.3 Å². The molecule has 0 saturated carbocycles. The first-order valence-corrected chi connectivity index (χ1v) is 8.92. The average molecular weight is 377 g/mol. The number of carbonyl (C=O) groups excluding carboxylic acids is 1. The molecule has 0 spiro atoms. The molecule has 0 aliphatic rings. The van der Waals surface area contributed by atoms with Crippen LogP contribution < -0.4 is 20.1 Å². The maximum absolute atomic E-state index is 12.3. The van der Waals surface area contributed by atoms with Gasteiger partial charge in [-0.15, -0.1) is 0 Å². The van der Waals surface area contributed by atoms with Crippen molar-refractivity contribution in [2.24, 2.45) is 0 Å². The number of carbonyl (C=O) groups is 1. The minimum Gasteiger partial charge on any atom is -0.493 e. The van der Waals surface area contributed by atoms with Gasteiger partial charge in [-0.2, -0.15) is 0 Å². The fourth-order valence-corrected chi connectivity index (χ4v) is 2.74. The van der Waals surface area contributed by atoms with E-state index in [0.29, 0.717) is 23.7 Å². The van der Waals surface area contributed by atoms with Gasteiger partial charge in [-0.1, -0.05) is 36.4 Å². The van der Waals surface area contributed by atoms with E-state index in [4.69, 9.17) is 9.47 Å². The third kappa shape index (κ3) is 5.23. The highest BCUT2D eigenvalue weighted by molar-refractivity contribution is 5.92. The Kier molecular flexibility index (Phi) is 6.46. The summed E-state index contributed by atoms with van der Waals surface area (Å²) in [5.74, 6) is 1.86. The summed E-state index contributed by atoms with van der Waals surface area (Å²) in [5.41, 5.74) is 2.66. The number of anilines is 2. The predicted molar refractivity (Wildman–Crippen MR) is 110 cm³/mol. The molecule has 0 radical (unpaired) electrons. The maximum Gasteiger partial charge on any atom is 0.228 e. The van der Waals surface area contributed by atoms with Gasteiger partial charge in [-0.3, -0.25) is 4.79 Å². The van der Waals surface area contributed by atoms with Crippen LogP contribution in [0.5, 0.6) is 11.5 Å². The van der Waals surface area contributed by atoms with Crippen molar-refractivity contribution in [2.75, 3.05) is 24.9 Å². The average Bonchev–Trinajstić information content (AvgIpc) is 2.74. The molecule has 0 aliphatic heterocycles. The number of amides is 1. The van der Waals surface area contributed by atoms with E-state index < -0.39 is 0 Å². The standard InChI is InChI=1S/C22H23N3O3/c1-27-19-10-8-17(12-20(19)28-2)13-22(26)25-18-9-11-21(24-15-18)23-14-16-6-4-3-5-7-16/h3-12,15H,13-14H2,1-2H3,(H,23,24)(H,25,26). The lowest BCUT2D eigenvalue weighted by Gasteiger charge is -2.10. The molecule has 0 atom stereocenters. The highest BCUT2D eigenvalue weighted by Crippen LogP contribution is 2.27. The van der Waals surface area contributed by atoms with E-state index in [2.05, 4.69) is 27.8 Å². The Morgan fingerprint density at radius 1 is 0.929 bits per heavy atom. The lowest BCUT2D eigenvalue weighted by atomic mass is 10.1. The Bertz CT molecular complexity index is 912. The zero-order valence-electron chi connectivity index (χ0n) is 15.9. The van der Waals surface area contributed by atoms with E-state index in [1.165, 1.54) is 5.56 Å². The van der Waals surface area contributed by atoms with Gasteiger partial charge in [-0.05, 0) is 35.4 Å². The normalized spacial score (nSPS) is 10.2. The zero-order valence-corrected chi connectivity index (χ0v) is 15.9. The molecule has 2 N–H and O–H groups in total. The first kappa shape index (κ1) is 19.2. The summed E-state index contributed by atoms with van der Waals surface area (Å²) in [6.07, 6.45) is 1.87. The number of aromatic nitrogens is 1. The summed E-state index contributed by atoms with van der Waals surface area (Å²) in [4.78, 5) is 16.6. The zero-order chi connectivity index (χ0) is 19.8. The number of ether oxygens (including phenoxy) is 2. The number of benzene rings is 2. The molecule has 0 unspecified atom stereocenters. The van der Waals surface area contributed by atoms with Gasteiger partial charge in [0.25, 0.3) is 0 Å². The summed E-state index contributed by atoms with van der Waals surface area (Å²) in [6, 6.07) is 19.2. The third-order valence-electron chi connectivity index (χ3n) is 4.18. The number of pyridine rings is 1. The number of hydrogen-bond acceptors (Lipinski definition) is 5. The van der Waals surface area contributed by atoms with Crippen LogP contribution in [0, 0.1) is 0 Å². The summed E-state index contributed by atoms with van der Waals surface area (Å²) >= 11 is 0. The third-order valence-corrected chi connectivity index (χ3v) is 4.18. The summed E-state index contributed by atoms with van der Waals surface area (Å²) in [7, 11) is 3.15. The van der Waals surface area contributed by atoms with Crippen molar-refractivity contribution in [3.63, 3.8) is 0 Å². The highest BCUT2D eigenvalue weighted by atomic mass is 16.5. The molecule has 1 heterocycles. The van der Waals surface area contributed by atoms with Crippen molar-refractivity contribution in [3.8, 4) is 11.5 Å². The Morgan fingerprint density at radius 3 is 2.39 bits per heavy atom. The second kappa shape index (κ2) is 9.41. The summed E-state index contributed by atoms with van der Waals surface area (Å²) < 4.78 is 10.5. The van der Waals surface area contributed by atoms with Crippen LogP contribution in [0.4, 0.5) is 11.5 Å². The van der Waals surface area contributed by atoms with Gasteiger partial charge in [0, 0.05) is 6.54 Å². The lowest BCUT2D eigenvalue weighted by Crippen LogP contribution is -2.14. The number of nitrogens with one attached hydrogen (secondary N) is 2. The number of hydrogen-bond donors (Lipinski definition) is 2. The first-order valence-electron chi connectivity index (χ1n) is 8.92. The van der Waals surface area contributed by atoms with E-state index in [0.717, 1.165) is 11.4 Å². The van der Waals surface area contributed by atoms with Crippen LogP contribution in [0.1, 0.15) is 11.1 Å². The molecule has 144 valence electrons. The molecule has 6 heteroatoms. The molecule has 3 rings (SSSR count). The molecule has 0 bridgehead atoms. The second-order valence-corrected chi connectivity index (χ2v) is 6.19. The number of rotatable bonds is 8. The number of methoxy groups -OCH3 is 2. The van der Waals surface area contributed by atoms with Gasteiger partial charge in [-0.25, -0.2) is 4.98 Å². The SMILES string of the molecule is COc1ccc(CC(=O)Nc2ccc(NCc3ccccc3)nc2)cc1OC. The van der Waals surface area contributed by atoms with E-state index >= 15 is 0 Å². The highest BCUT2D eigenvalue weighted by Gasteiger charge is 2.09. The minimum atomic E-state index is -0.126. The van der Waals surface area contributed by atoms with E-state index in [-0.39, 0.29) is 12.3 Å². The number of nitrogens with zero attached hydrogens (tertiary/aromatic N) is 1. The van der Waals surface area contributed by atoms with Gasteiger partial charge in [0.1, 0.15) is 5.82 Å².